The molecule has 0 unspecified atom stereocenters. The van der Waals surface area contributed by atoms with E-state index in [1.54, 1.807) is 44.2 Å². The van der Waals surface area contributed by atoms with Crippen molar-refractivity contribution in [2.24, 2.45) is 11.8 Å². The summed E-state index contributed by atoms with van der Waals surface area (Å²) in [5.41, 5.74) is -0.598. The highest BCUT2D eigenvalue weighted by molar-refractivity contribution is 7.86. The van der Waals surface area contributed by atoms with E-state index in [1.165, 1.54) is 6.08 Å². The molecule has 5 atom stereocenters. The molecule has 1 saturated heterocycles. The molecule has 0 bridgehead atoms. The summed E-state index contributed by atoms with van der Waals surface area (Å²) in [6.07, 6.45) is 4.88. The number of aryl methyl sites for hydroxylation is 1. The van der Waals surface area contributed by atoms with E-state index in [9.17, 15) is 37.5 Å². The molecule has 1 aliphatic heterocycles. The first-order valence-electron chi connectivity index (χ1n) is 19.7. The van der Waals surface area contributed by atoms with Gasteiger partial charge < -0.3 is 31.1 Å². The van der Waals surface area contributed by atoms with E-state index < -0.39 is 70.0 Å². The molecule has 1 heterocycles. The number of carbonyl (C=O) groups excluding carboxylic acids is 5. The van der Waals surface area contributed by atoms with Crippen molar-refractivity contribution >= 4 is 45.6 Å². The fourth-order valence-corrected chi connectivity index (χ4v) is 6.70. The predicted molar refractivity (Wildman–Crippen MR) is 221 cm³/mol. The third-order valence-electron chi connectivity index (χ3n) is 9.31. The molecule has 320 valence electrons. The first-order valence-corrected chi connectivity index (χ1v) is 21.5. The fourth-order valence-electron chi connectivity index (χ4n) is 6.26. The second-order valence-electron chi connectivity index (χ2n) is 15.8. The van der Waals surface area contributed by atoms with Crippen LogP contribution in [0, 0.1) is 11.8 Å². The Bertz CT molecular complexity index is 1780. The Labute approximate surface area is 342 Å². The van der Waals surface area contributed by atoms with Crippen molar-refractivity contribution in [3.8, 4) is 0 Å². The van der Waals surface area contributed by atoms with Crippen molar-refractivity contribution in [1.82, 2.24) is 26.2 Å². The molecule has 16 heteroatoms. The van der Waals surface area contributed by atoms with Crippen molar-refractivity contribution in [1.29, 1.82) is 0 Å². The van der Waals surface area contributed by atoms with Crippen molar-refractivity contribution < 1.29 is 46.4 Å². The minimum Gasteiger partial charge on any atom is -0.380 e. The van der Waals surface area contributed by atoms with E-state index in [-0.39, 0.29) is 43.6 Å². The summed E-state index contributed by atoms with van der Waals surface area (Å²) in [6.45, 7) is 9.88. The number of nitrogens with one attached hydrogen (secondary N) is 4. The highest BCUT2D eigenvalue weighted by Gasteiger charge is 2.39. The molecule has 0 spiro atoms. The maximum absolute atomic E-state index is 14.1. The summed E-state index contributed by atoms with van der Waals surface area (Å²) in [7, 11) is -4.00. The van der Waals surface area contributed by atoms with Crippen LogP contribution < -0.4 is 21.3 Å². The molecule has 4 amide bonds. The zero-order valence-electron chi connectivity index (χ0n) is 34.4. The lowest BCUT2D eigenvalue weighted by Gasteiger charge is -2.30. The van der Waals surface area contributed by atoms with Crippen LogP contribution in [-0.4, -0.2) is 123 Å². The topological polar surface area (TPSA) is 210 Å². The van der Waals surface area contributed by atoms with Gasteiger partial charge in [0.05, 0.1) is 32.1 Å². The molecule has 0 saturated carbocycles. The number of aliphatic hydroxyl groups is 1. The van der Waals surface area contributed by atoms with Crippen molar-refractivity contribution in [3.63, 3.8) is 0 Å². The second-order valence-corrected chi connectivity index (χ2v) is 17.4. The zero-order chi connectivity index (χ0) is 42.9. The maximum atomic E-state index is 14.1. The van der Waals surface area contributed by atoms with E-state index in [0.29, 0.717) is 38.3 Å². The number of nitrogens with zero attached hydrogens (tertiary/aromatic N) is 1. The number of amides is 4. The molecule has 1 fully saturated rings. The van der Waals surface area contributed by atoms with Gasteiger partial charge in [-0.2, -0.15) is 8.42 Å². The molecule has 3 rings (SSSR count). The van der Waals surface area contributed by atoms with Gasteiger partial charge in [-0.25, -0.2) is 0 Å². The predicted octanol–water partition coefficient (Wildman–Crippen LogP) is 1.99. The van der Waals surface area contributed by atoms with Crippen LogP contribution in [0.2, 0.25) is 0 Å². The summed E-state index contributed by atoms with van der Waals surface area (Å²) in [5.74, 6) is -3.47. The van der Waals surface area contributed by atoms with Gasteiger partial charge in [0, 0.05) is 13.1 Å². The Morgan fingerprint density at radius 2 is 1.36 bits per heavy atom. The van der Waals surface area contributed by atoms with E-state index >= 15 is 0 Å². The minimum atomic E-state index is -4.00. The average molecular weight is 828 g/mol. The first-order chi connectivity index (χ1) is 27.3. The smallest absolute Gasteiger partial charge is 0.264 e. The second kappa shape index (κ2) is 23.2. The van der Waals surface area contributed by atoms with Gasteiger partial charge in [-0.05, 0) is 55.6 Å². The number of hydrogen-bond donors (Lipinski definition) is 5. The molecule has 2 aromatic rings. The number of morpholine rings is 1. The average Bonchev–Trinajstić information content (AvgIpc) is 3.16. The maximum Gasteiger partial charge on any atom is 0.264 e. The van der Waals surface area contributed by atoms with E-state index in [0.717, 1.165) is 18.7 Å². The molecule has 0 aromatic heterocycles. The number of carbonyl (C=O) groups is 5. The van der Waals surface area contributed by atoms with Crippen molar-refractivity contribution in [2.45, 2.75) is 90.1 Å². The van der Waals surface area contributed by atoms with E-state index in [4.69, 9.17) is 8.92 Å². The third kappa shape index (κ3) is 17.6. The molecule has 0 aliphatic carbocycles. The third-order valence-corrected chi connectivity index (χ3v) is 9.86. The first kappa shape index (κ1) is 47.9. The van der Waals surface area contributed by atoms with Gasteiger partial charge in [-0.1, -0.05) is 101 Å². The highest BCUT2D eigenvalue weighted by atomic mass is 32.2. The standard InChI is InChI=1S/C42H61N5O10S/c1-29(2)25-35(38(49)42(5,53)28-57-58(6,54)55)45-40(51)34(20-18-32-15-11-8-12-16-32)44-41(52)36(26-30(3)4)46-39(50)33(19-17-31-13-9-7-10-14-31)43-37(48)27-47-21-23-56-24-22-47/h7-16,18,20,29-30,33-36,53H,17,19,21-28H2,1-6H3,(H,43,48)(H,44,52)(H,45,51)(H,46,50)/b20-18+/t33-,34-,35-,36-,42+/m0/s1. The zero-order valence-corrected chi connectivity index (χ0v) is 35.3. The summed E-state index contributed by atoms with van der Waals surface area (Å²) in [5, 5.41) is 22.1. The number of benzene rings is 2. The van der Waals surface area contributed by atoms with Gasteiger partial charge in [0.1, 0.15) is 30.3 Å². The largest absolute Gasteiger partial charge is 0.380 e. The monoisotopic (exact) mass is 827 g/mol. The van der Waals surface area contributed by atoms with Gasteiger partial charge >= 0.3 is 0 Å². The minimum absolute atomic E-state index is 0.0775. The Morgan fingerprint density at radius 1 is 0.810 bits per heavy atom. The van der Waals surface area contributed by atoms with Crippen LogP contribution in [0.3, 0.4) is 0 Å². The van der Waals surface area contributed by atoms with Gasteiger partial charge in [0.15, 0.2) is 5.78 Å². The number of hydrogen-bond acceptors (Lipinski definition) is 11. The van der Waals surface area contributed by atoms with Gasteiger partial charge in [0.25, 0.3) is 10.1 Å². The van der Waals surface area contributed by atoms with Crippen molar-refractivity contribution in [2.75, 3.05) is 45.7 Å². The number of ether oxygens (including phenoxy) is 1. The normalized spacial score (nSPS) is 16.8. The Balaban J connectivity index is 1.88. The summed E-state index contributed by atoms with van der Waals surface area (Å²) in [4.78, 5) is 70.9. The van der Waals surface area contributed by atoms with E-state index in [1.807, 2.05) is 55.1 Å². The Kier molecular flexibility index (Phi) is 19.2. The Hall–Kier alpha value is -4.48. The van der Waals surface area contributed by atoms with Crippen LogP contribution in [0.25, 0.3) is 6.08 Å². The molecule has 2 aromatic carbocycles. The molecule has 1 aliphatic rings. The van der Waals surface area contributed by atoms with Crippen LogP contribution in [-0.2, 0) is 49.4 Å². The van der Waals surface area contributed by atoms with Gasteiger partial charge in [-0.15, -0.1) is 0 Å². The summed E-state index contributed by atoms with van der Waals surface area (Å²) < 4.78 is 33.4. The molecular weight excluding hydrogens is 767 g/mol. The van der Waals surface area contributed by atoms with Crippen molar-refractivity contribution in [3.05, 3.63) is 77.9 Å². The van der Waals surface area contributed by atoms with E-state index in [2.05, 4.69) is 21.3 Å². The Morgan fingerprint density at radius 3 is 1.95 bits per heavy atom. The molecule has 15 nitrogen and oxygen atoms in total. The molecular formula is C42H61N5O10S. The van der Waals surface area contributed by atoms with Crippen LogP contribution in [0.4, 0.5) is 0 Å². The summed E-state index contributed by atoms with van der Waals surface area (Å²) in [6, 6.07) is 13.8. The number of rotatable bonds is 23. The van der Waals surface area contributed by atoms with Gasteiger partial charge in [0.2, 0.25) is 23.6 Å². The lowest BCUT2D eigenvalue weighted by molar-refractivity contribution is -0.143. The van der Waals surface area contributed by atoms with Gasteiger partial charge in [-0.3, -0.25) is 33.1 Å². The highest BCUT2D eigenvalue weighted by Crippen LogP contribution is 2.17. The lowest BCUT2D eigenvalue weighted by atomic mass is 9.90. The number of Topliss-reactive ketones (excluding diaryl/α,β-unsaturated/α-hetero) is 1. The van der Waals surface area contributed by atoms with Crippen LogP contribution in [0.5, 0.6) is 0 Å². The quantitative estimate of drug-likeness (QED) is 0.102. The molecule has 58 heavy (non-hydrogen) atoms. The molecule has 0 radical (unpaired) electrons. The van der Waals surface area contributed by atoms with Crippen LogP contribution >= 0.6 is 0 Å². The number of ketones is 1. The molecule has 5 N–H and O–H groups in total. The fraction of sp³-hybridized carbons (Fsp3) is 0.548. The lowest BCUT2D eigenvalue weighted by Crippen LogP contribution is -2.59. The summed E-state index contributed by atoms with van der Waals surface area (Å²) >= 11 is 0. The van der Waals surface area contributed by atoms with Crippen LogP contribution in [0.1, 0.15) is 65.0 Å². The van der Waals surface area contributed by atoms with Crippen LogP contribution in [0.15, 0.2) is 66.7 Å². The SMILES string of the molecule is CC(C)C[C@H](NC(=O)[C@H](CCc1ccccc1)NC(=O)CN1CCOCC1)C(=O)N[C@@H](/C=C/c1ccccc1)C(=O)N[C@@H](CC(C)C)C(=O)[C@](C)(O)COS(C)(=O)=O.